The molecule has 0 bridgehead atoms. The highest BCUT2D eigenvalue weighted by Crippen LogP contribution is 2.24. The van der Waals surface area contributed by atoms with Crippen LogP contribution in [0.3, 0.4) is 0 Å². The molecular weight excluding hydrogens is 326 g/mol. The van der Waals surface area contributed by atoms with Gasteiger partial charge in [0, 0.05) is 18.6 Å². The van der Waals surface area contributed by atoms with Gasteiger partial charge >= 0.3 is 5.97 Å². The van der Waals surface area contributed by atoms with Gasteiger partial charge < -0.3 is 14.8 Å². The van der Waals surface area contributed by atoms with Crippen LogP contribution < -0.4 is 5.32 Å². The Bertz CT molecular complexity index is 706. The summed E-state index contributed by atoms with van der Waals surface area (Å²) in [6.45, 7) is 2.13. The minimum Gasteiger partial charge on any atom is -0.465 e. The predicted molar refractivity (Wildman–Crippen MR) is 82.6 cm³/mol. The van der Waals surface area contributed by atoms with Crippen molar-refractivity contribution < 1.29 is 23.0 Å². The summed E-state index contributed by atoms with van der Waals surface area (Å²) in [6.07, 6.45) is -0.123. The van der Waals surface area contributed by atoms with E-state index in [1.807, 2.05) is 12.3 Å². The normalized spacial score (nSPS) is 12.0. The fourth-order valence-corrected chi connectivity index (χ4v) is 2.70. The molecule has 1 heterocycles. The van der Waals surface area contributed by atoms with E-state index < -0.39 is 17.6 Å². The average Bonchev–Trinajstić information content (AvgIpc) is 3.03. The van der Waals surface area contributed by atoms with Crippen molar-refractivity contribution in [2.75, 3.05) is 19.5 Å². The van der Waals surface area contributed by atoms with E-state index in [4.69, 9.17) is 4.74 Å². The Labute approximate surface area is 136 Å². The molecule has 0 spiro atoms. The third kappa shape index (κ3) is 4.02. The number of aromatic nitrogens is 1. The number of carbonyl (C=O) groups excluding carboxylic acids is 1. The van der Waals surface area contributed by atoms with Crippen molar-refractivity contribution in [3.63, 3.8) is 0 Å². The van der Waals surface area contributed by atoms with Crippen molar-refractivity contribution in [1.82, 2.24) is 4.98 Å². The SMILES string of the molecule is COC(=O)c1cc(F)c(F)cc1NCc1csc([C@H](C)OC)n1. The lowest BCUT2D eigenvalue weighted by atomic mass is 10.1. The number of benzene rings is 1. The number of thiazole rings is 1. The van der Waals surface area contributed by atoms with E-state index in [9.17, 15) is 13.6 Å². The van der Waals surface area contributed by atoms with E-state index in [0.717, 1.165) is 17.1 Å². The van der Waals surface area contributed by atoms with Crippen molar-refractivity contribution in [2.24, 2.45) is 0 Å². The highest BCUT2D eigenvalue weighted by Gasteiger charge is 2.17. The number of carbonyl (C=O) groups is 1. The van der Waals surface area contributed by atoms with Crippen LogP contribution in [0.4, 0.5) is 14.5 Å². The number of methoxy groups -OCH3 is 2. The van der Waals surface area contributed by atoms with E-state index in [2.05, 4.69) is 15.0 Å². The van der Waals surface area contributed by atoms with Gasteiger partial charge in [-0.25, -0.2) is 18.6 Å². The first-order chi connectivity index (χ1) is 11.0. The Kier molecular flexibility index (Phi) is 5.62. The third-order valence-corrected chi connectivity index (χ3v) is 4.25. The fraction of sp³-hybridized carbons (Fsp3) is 0.333. The molecule has 5 nitrogen and oxygen atoms in total. The Morgan fingerprint density at radius 1 is 1.35 bits per heavy atom. The molecule has 0 amide bonds. The zero-order chi connectivity index (χ0) is 17.0. The molecule has 1 N–H and O–H groups in total. The van der Waals surface area contributed by atoms with Crippen LogP contribution in [0.15, 0.2) is 17.5 Å². The second-order valence-electron chi connectivity index (χ2n) is 4.71. The molecule has 0 fully saturated rings. The standard InChI is InChI=1S/C15H16F2N2O3S/c1-8(21-2)14-19-9(7-23-14)6-18-13-5-12(17)11(16)4-10(13)15(20)22-3/h4-5,7-8,18H,6H2,1-3H3/t8-/m0/s1. The first-order valence-electron chi connectivity index (χ1n) is 6.74. The number of esters is 1. The quantitative estimate of drug-likeness (QED) is 0.814. The molecule has 2 aromatic rings. The summed E-state index contributed by atoms with van der Waals surface area (Å²) in [4.78, 5) is 16.0. The van der Waals surface area contributed by atoms with E-state index in [1.54, 1.807) is 7.11 Å². The van der Waals surface area contributed by atoms with Crippen LogP contribution in [-0.4, -0.2) is 25.2 Å². The number of nitrogens with one attached hydrogen (secondary N) is 1. The molecule has 1 aromatic heterocycles. The molecule has 0 aliphatic carbocycles. The molecule has 124 valence electrons. The average molecular weight is 342 g/mol. The molecule has 0 saturated heterocycles. The molecule has 2 rings (SSSR count). The van der Waals surface area contributed by atoms with Gasteiger partial charge in [0.2, 0.25) is 0 Å². The molecule has 0 aliphatic rings. The van der Waals surface area contributed by atoms with E-state index in [1.165, 1.54) is 18.4 Å². The zero-order valence-corrected chi connectivity index (χ0v) is 13.7. The Balaban J connectivity index is 2.18. The Hall–Kier alpha value is -2.06. The number of hydrogen-bond donors (Lipinski definition) is 1. The molecule has 0 unspecified atom stereocenters. The van der Waals surface area contributed by atoms with E-state index in [-0.39, 0.29) is 23.9 Å². The summed E-state index contributed by atoms with van der Waals surface area (Å²) in [7, 11) is 2.76. The van der Waals surface area contributed by atoms with Crippen molar-refractivity contribution in [2.45, 2.75) is 19.6 Å². The van der Waals surface area contributed by atoms with Crippen LogP contribution in [0.2, 0.25) is 0 Å². The highest BCUT2D eigenvalue weighted by molar-refractivity contribution is 7.09. The fourth-order valence-electron chi connectivity index (χ4n) is 1.85. The van der Waals surface area contributed by atoms with Gasteiger partial charge in [-0.05, 0) is 13.0 Å². The van der Waals surface area contributed by atoms with Crippen molar-refractivity contribution in [3.8, 4) is 0 Å². The van der Waals surface area contributed by atoms with E-state index >= 15 is 0 Å². The van der Waals surface area contributed by atoms with E-state index in [0.29, 0.717) is 5.69 Å². The van der Waals surface area contributed by atoms with Crippen LogP contribution >= 0.6 is 11.3 Å². The number of hydrogen-bond acceptors (Lipinski definition) is 6. The van der Waals surface area contributed by atoms with Gasteiger partial charge in [-0.2, -0.15) is 0 Å². The first-order valence-corrected chi connectivity index (χ1v) is 7.62. The maximum Gasteiger partial charge on any atom is 0.340 e. The van der Waals surface area contributed by atoms with Gasteiger partial charge in [0.25, 0.3) is 0 Å². The summed E-state index contributed by atoms with van der Waals surface area (Å²) >= 11 is 1.44. The van der Waals surface area contributed by atoms with Crippen molar-refractivity contribution in [3.05, 3.63) is 45.4 Å². The minimum absolute atomic E-state index is 0.0767. The second-order valence-corrected chi connectivity index (χ2v) is 5.60. The molecule has 1 aromatic carbocycles. The monoisotopic (exact) mass is 342 g/mol. The summed E-state index contributed by atoms with van der Waals surface area (Å²) in [5.74, 6) is -2.91. The molecule has 1 atom stereocenters. The first kappa shape index (κ1) is 17.3. The van der Waals surface area contributed by atoms with Crippen molar-refractivity contribution >= 4 is 23.0 Å². The van der Waals surface area contributed by atoms with Gasteiger partial charge in [0.05, 0.1) is 30.6 Å². The van der Waals surface area contributed by atoms with Crippen LogP contribution in [-0.2, 0) is 16.0 Å². The predicted octanol–water partition coefficient (Wildman–Crippen LogP) is 3.53. The lowest BCUT2D eigenvalue weighted by Crippen LogP contribution is -2.10. The molecule has 0 radical (unpaired) electrons. The van der Waals surface area contributed by atoms with Gasteiger partial charge in [0.15, 0.2) is 11.6 Å². The summed E-state index contributed by atoms with van der Waals surface area (Å²) in [5.41, 5.74) is 0.770. The van der Waals surface area contributed by atoms with Crippen LogP contribution in [0.25, 0.3) is 0 Å². The molecule has 0 saturated carbocycles. The van der Waals surface area contributed by atoms with Gasteiger partial charge in [-0.3, -0.25) is 0 Å². The van der Waals surface area contributed by atoms with Crippen LogP contribution in [0, 0.1) is 11.6 Å². The number of ether oxygens (including phenoxy) is 2. The maximum atomic E-state index is 13.4. The van der Waals surface area contributed by atoms with Crippen molar-refractivity contribution in [1.29, 1.82) is 0 Å². The lowest BCUT2D eigenvalue weighted by Gasteiger charge is -2.10. The maximum absolute atomic E-state index is 13.4. The summed E-state index contributed by atoms with van der Waals surface area (Å²) in [5, 5.41) is 5.52. The number of rotatable bonds is 6. The summed E-state index contributed by atoms with van der Waals surface area (Å²) in [6, 6.07) is 1.73. The second kappa shape index (κ2) is 7.47. The van der Waals surface area contributed by atoms with Crippen LogP contribution in [0.5, 0.6) is 0 Å². The molecular formula is C15H16F2N2O3S. The molecule has 23 heavy (non-hydrogen) atoms. The minimum atomic E-state index is -1.11. The van der Waals surface area contributed by atoms with Crippen LogP contribution in [0.1, 0.15) is 34.1 Å². The zero-order valence-electron chi connectivity index (χ0n) is 12.9. The number of nitrogens with zero attached hydrogens (tertiary/aromatic N) is 1. The molecule has 0 aliphatic heterocycles. The Morgan fingerprint density at radius 3 is 2.70 bits per heavy atom. The third-order valence-electron chi connectivity index (χ3n) is 3.20. The van der Waals surface area contributed by atoms with Gasteiger partial charge in [0.1, 0.15) is 11.1 Å². The smallest absolute Gasteiger partial charge is 0.340 e. The molecule has 8 heteroatoms. The largest absolute Gasteiger partial charge is 0.465 e. The Morgan fingerprint density at radius 2 is 2.04 bits per heavy atom. The highest BCUT2D eigenvalue weighted by atomic mass is 32.1. The number of halogens is 2. The number of anilines is 1. The summed E-state index contributed by atoms with van der Waals surface area (Å²) < 4.78 is 36.5. The topological polar surface area (TPSA) is 60.5 Å². The lowest BCUT2D eigenvalue weighted by molar-refractivity contribution is 0.0601. The van der Waals surface area contributed by atoms with Gasteiger partial charge in [-0.1, -0.05) is 0 Å². The van der Waals surface area contributed by atoms with Gasteiger partial charge in [-0.15, -0.1) is 11.3 Å².